The van der Waals surface area contributed by atoms with Gasteiger partial charge in [-0.05, 0) is 44.2 Å². The number of H-pyrrole nitrogens is 1. The van der Waals surface area contributed by atoms with Crippen molar-refractivity contribution in [3.63, 3.8) is 0 Å². The van der Waals surface area contributed by atoms with Gasteiger partial charge in [-0.3, -0.25) is 9.59 Å². The number of aromatic amines is 1. The van der Waals surface area contributed by atoms with Crippen molar-refractivity contribution in [2.75, 3.05) is 0 Å². The molecule has 1 aliphatic carbocycles. The Hall–Kier alpha value is -2.81. The SMILES string of the molecule is Cc1ccc(-c2cn3nc(C(=O)N[C@H](C)C4CC4)c(C(F)(F)F)c3c(=O)[nH]2)cc1Cl. The molecule has 1 saturated carbocycles. The van der Waals surface area contributed by atoms with Crippen LogP contribution < -0.4 is 10.9 Å². The van der Waals surface area contributed by atoms with Gasteiger partial charge in [0.1, 0.15) is 11.1 Å². The van der Waals surface area contributed by atoms with Gasteiger partial charge in [0, 0.05) is 16.6 Å². The van der Waals surface area contributed by atoms with Crippen LogP contribution in [0.2, 0.25) is 5.02 Å². The largest absolute Gasteiger partial charge is 0.421 e. The van der Waals surface area contributed by atoms with Crippen molar-refractivity contribution >= 4 is 23.0 Å². The fourth-order valence-corrected chi connectivity index (χ4v) is 3.59. The first kappa shape index (κ1) is 20.5. The normalized spacial score (nSPS) is 15.4. The molecule has 0 unspecified atom stereocenters. The highest BCUT2D eigenvalue weighted by atomic mass is 35.5. The fraction of sp³-hybridized carbons (Fsp3) is 0.350. The smallest absolute Gasteiger partial charge is 0.348 e. The Kier molecular flexibility index (Phi) is 4.88. The zero-order chi connectivity index (χ0) is 21.8. The van der Waals surface area contributed by atoms with E-state index >= 15 is 0 Å². The topological polar surface area (TPSA) is 79.3 Å². The molecule has 0 aliphatic heterocycles. The lowest BCUT2D eigenvalue weighted by Crippen LogP contribution is -2.35. The number of nitrogens with one attached hydrogen (secondary N) is 2. The van der Waals surface area contributed by atoms with E-state index in [-0.39, 0.29) is 17.7 Å². The summed E-state index contributed by atoms with van der Waals surface area (Å²) in [5.74, 6) is -0.702. The molecule has 2 heterocycles. The molecule has 1 amide bonds. The minimum absolute atomic E-state index is 0.226. The van der Waals surface area contributed by atoms with E-state index in [1.54, 1.807) is 32.0 Å². The van der Waals surface area contributed by atoms with Crippen LogP contribution in [0.25, 0.3) is 16.8 Å². The third-order valence-electron chi connectivity index (χ3n) is 5.29. The Balaban J connectivity index is 1.86. The number of aromatic nitrogens is 3. The van der Waals surface area contributed by atoms with Crippen LogP contribution in [0.1, 0.15) is 41.4 Å². The molecule has 0 radical (unpaired) electrons. The first-order valence-corrected chi connectivity index (χ1v) is 9.74. The van der Waals surface area contributed by atoms with Gasteiger partial charge >= 0.3 is 6.18 Å². The Labute approximate surface area is 174 Å². The Morgan fingerprint density at radius 2 is 2.07 bits per heavy atom. The van der Waals surface area contributed by atoms with E-state index in [2.05, 4.69) is 15.4 Å². The molecule has 0 saturated heterocycles. The van der Waals surface area contributed by atoms with Crippen LogP contribution in [-0.4, -0.2) is 26.5 Å². The van der Waals surface area contributed by atoms with Crippen LogP contribution in [-0.2, 0) is 6.18 Å². The lowest BCUT2D eigenvalue weighted by molar-refractivity contribution is -0.136. The summed E-state index contributed by atoms with van der Waals surface area (Å²) in [6, 6.07) is 4.72. The average molecular weight is 439 g/mol. The van der Waals surface area contributed by atoms with Crippen molar-refractivity contribution in [2.45, 2.75) is 38.9 Å². The average Bonchev–Trinajstić information content (AvgIpc) is 3.42. The minimum Gasteiger partial charge on any atom is -0.348 e. The van der Waals surface area contributed by atoms with E-state index in [9.17, 15) is 22.8 Å². The summed E-state index contributed by atoms with van der Waals surface area (Å²) >= 11 is 6.12. The van der Waals surface area contributed by atoms with Crippen LogP contribution in [0.4, 0.5) is 13.2 Å². The maximum Gasteiger partial charge on any atom is 0.421 e. The van der Waals surface area contributed by atoms with Crippen LogP contribution in [0.15, 0.2) is 29.2 Å². The van der Waals surface area contributed by atoms with Crippen LogP contribution in [0, 0.1) is 12.8 Å². The number of carbonyl (C=O) groups is 1. The van der Waals surface area contributed by atoms with Crippen molar-refractivity contribution in [3.05, 3.63) is 56.6 Å². The summed E-state index contributed by atoms with van der Waals surface area (Å²) in [6.45, 7) is 3.54. The number of benzene rings is 1. The molecular formula is C20H18ClF3N4O2. The second-order valence-electron chi connectivity index (χ2n) is 7.57. The predicted molar refractivity (Wildman–Crippen MR) is 106 cm³/mol. The summed E-state index contributed by atoms with van der Waals surface area (Å²) in [7, 11) is 0. The summed E-state index contributed by atoms with van der Waals surface area (Å²) < 4.78 is 42.1. The lowest BCUT2D eigenvalue weighted by Gasteiger charge is -2.13. The maximum absolute atomic E-state index is 13.8. The molecule has 2 aromatic heterocycles. The van der Waals surface area contributed by atoms with Crippen molar-refractivity contribution in [1.82, 2.24) is 19.9 Å². The number of aryl methyl sites for hydroxylation is 1. The number of rotatable bonds is 4. The molecule has 1 aliphatic rings. The summed E-state index contributed by atoms with van der Waals surface area (Å²) in [6.07, 6.45) is -1.85. The van der Waals surface area contributed by atoms with Gasteiger partial charge in [-0.15, -0.1) is 0 Å². The van der Waals surface area contributed by atoms with Gasteiger partial charge in [0.05, 0.1) is 11.9 Å². The highest BCUT2D eigenvalue weighted by Crippen LogP contribution is 2.36. The van der Waals surface area contributed by atoms with Gasteiger partial charge in [-0.1, -0.05) is 23.7 Å². The number of alkyl halides is 3. The van der Waals surface area contributed by atoms with Gasteiger partial charge in [0.15, 0.2) is 5.69 Å². The molecular weight excluding hydrogens is 421 g/mol. The molecule has 6 nitrogen and oxygen atoms in total. The van der Waals surface area contributed by atoms with E-state index in [0.29, 0.717) is 10.6 Å². The van der Waals surface area contributed by atoms with Crippen LogP contribution in [0.3, 0.4) is 0 Å². The molecule has 158 valence electrons. The van der Waals surface area contributed by atoms with E-state index in [0.717, 1.165) is 22.9 Å². The molecule has 30 heavy (non-hydrogen) atoms. The van der Waals surface area contributed by atoms with Gasteiger partial charge in [0.25, 0.3) is 11.5 Å². The number of amides is 1. The van der Waals surface area contributed by atoms with E-state index in [1.165, 1.54) is 6.20 Å². The van der Waals surface area contributed by atoms with E-state index < -0.39 is 34.4 Å². The second kappa shape index (κ2) is 7.16. The lowest BCUT2D eigenvalue weighted by atomic mass is 10.1. The predicted octanol–water partition coefficient (Wildman–Crippen LogP) is 4.20. The first-order chi connectivity index (χ1) is 14.1. The number of nitrogens with zero attached hydrogens (tertiary/aromatic N) is 2. The Morgan fingerprint density at radius 1 is 1.37 bits per heavy atom. The van der Waals surface area contributed by atoms with Gasteiger partial charge in [-0.2, -0.15) is 18.3 Å². The summed E-state index contributed by atoms with van der Waals surface area (Å²) in [5, 5.41) is 6.84. The standard InChI is InChI=1S/C20H18ClF3N4O2/c1-9-3-4-12(7-13(9)21)14-8-28-17(19(30)26-14)15(20(22,23)24)16(27-28)18(29)25-10(2)11-5-6-11/h3-4,7-8,10-11H,5-6H2,1-2H3,(H,25,29)(H,26,30)/t10-/m1/s1. The van der Waals surface area contributed by atoms with Gasteiger partial charge in [-0.25, -0.2) is 4.52 Å². The molecule has 1 atom stereocenters. The Morgan fingerprint density at radius 3 is 2.67 bits per heavy atom. The molecule has 1 fully saturated rings. The molecule has 0 bridgehead atoms. The zero-order valence-corrected chi connectivity index (χ0v) is 16.9. The van der Waals surface area contributed by atoms with Crippen LogP contribution >= 0.6 is 11.6 Å². The number of carbonyl (C=O) groups excluding carboxylic acids is 1. The molecule has 4 rings (SSSR count). The van der Waals surface area contributed by atoms with Crippen molar-refractivity contribution in [1.29, 1.82) is 0 Å². The van der Waals surface area contributed by atoms with Gasteiger partial charge in [0.2, 0.25) is 0 Å². The maximum atomic E-state index is 13.8. The number of hydrogen-bond donors (Lipinski definition) is 2. The van der Waals surface area contributed by atoms with Crippen molar-refractivity contribution in [3.8, 4) is 11.3 Å². The van der Waals surface area contributed by atoms with E-state index in [4.69, 9.17) is 11.6 Å². The third-order valence-corrected chi connectivity index (χ3v) is 5.70. The second-order valence-corrected chi connectivity index (χ2v) is 7.98. The molecule has 1 aromatic carbocycles. The van der Waals surface area contributed by atoms with E-state index in [1.807, 2.05) is 0 Å². The summed E-state index contributed by atoms with van der Waals surface area (Å²) in [4.78, 5) is 27.6. The molecule has 10 heteroatoms. The quantitative estimate of drug-likeness (QED) is 0.640. The monoisotopic (exact) mass is 438 g/mol. The molecule has 0 spiro atoms. The minimum atomic E-state index is -4.93. The first-order valence-electron chi connectivity index (χ1n) is 9.36. The van der Waals surface area contributed by atoms with Crippen LogP contribution in [0.5, 0.6) is 0 Å². The molecule has 3 aromatic rings. The van der Waals surface area contributed by atoms with Gasteiger partial charge < -0.3 is 10.3 Å². The Bertz CT molecular complexity index is 1210. The highest BCUT2D eigenvalue weighted by Gasteiger charge is 2.42. The zero-order valence-electron chi connectivity index (χ0n) is 16.1. The number of halogens is 4. The molecule has 2 N–H and O–H groups in total. The number of hydrogen-bond acceptors (Lipinski definition) is 3. The van der Waals surface area contributed by atoms with Crippen molar-refractivity contribution in [2.24, 2.45) is 5.92 Å². The summed E-state index contributed by atoms with van der Waals surface area (Å²) in [5.41, 5.74) is -2.36. The highest BCUT2D eigenvalue weighted by molar-refractivity contribution is 6.31. The number of fused-ring (bicyclic) bond motifs is 1. The fourth-order valence-electron chi connectivity index (χ4n) is 3.41. The third kappa shape index (κ3) is 3.69. The van der Waals surface area contributed by atoms with Crippen molar-refractivity contribution < 1.29 is 18.0 Å².